The molecule has 0 aromatic carbocycles. The molecule has 0 aliphatic heterocycles. The van der Waals surface area contributed by atoms with Gasteiger partial charge >= 0.3 is 5.97 Å². The van der Waals surface area contributed by atoms with E-state index in [4.69, 9.17) is 0 Å². The van der Waals surface area contributed by atoms with Gasteiger partial charge in [0.2, 0.25) is 0 Å². The smallest absolute Gasteiger partial charge is 0.333 e. The predicted molar refractivity (Wildman–Crippen MR) is 74.4 cm³/mol. The van der Waals surface area contributed by atoms with E-state index < -0.39 is 0 Å². The zero-order chi connectivity index (χ0) is 13.8. The first-order chi connectivity index (χ1) is 8.61. The Morgan fingerprint density at radius 2 is 1.78 bits per heavy atom. The fourth-order valence-electron chi connectivity index (χ4n) is 1.90. The number of aliphatic hydroxyl groups is 1. The quantitative estimate of drug-likeness (QED) is 0.349. The number of hydrogen-bond acceptors (Lipinski definition) is 3. The van der Waals surface area contributed by atoms with Crippen molar-refractivity contribution in [2.75, 3.05) is 7.11 Å². The summed E-state index contributed by atoms with van der Waals surface area (Å²) in [6.07, 6.45) is 8.89. The number of aliphatic hydroxyl groups excluding tert-OH is 1. The van der Waals surface area contributed by atoms with E-state index in [1.54, 1.807) is 0 Å². The van der Waals surface area contributed by atoms with Gasteiger partial charge < -0.3 is 9.84 Å². The highest BCUT2D eigenvalue weighted by atomic mass is 16.5. The number of hydrogen-bond donors (Lipinski definition) is 1. The molecule has 0 heterocycles. The maximum atomic E-state index is 11.1. The molecule has 0 saturated heterocycles. The second kappa shape index (κ2) is 11.3. The summed E-state index contributed by atoms with van der Waals surface area (Å²) in [5, 5.41) is 9.65. The first-order valence-electron chi connectivity index (χ1n) is 7.06. The van der Waals surface area contributed by atoms with Crippen LogP contribution in [0.3, 0.4) is 0 Å². The summed E-state index contributed by atoms with van der Waals surface area (Å²) in [6, 6.07) is 0. The predicted octanol–water partition coefficient (Wildman–Crippen LogP) is 3.61. The van der Waals surface area contributed by atoms with Crippen molar-refractivity contribution in [2.24, 2.45) is 0 Å². The number of carbonyl (C=O) groups excluding carboxylic acids is 1. The molecule has 106 valence electrons. The van der Waals surface area contributed by atoms with Crippen molar-refractivity contribution in [3.8, 4) is 0 Å². The fraction of sp³-hybridized carbons (Fsp3) is 0.800. The van der Waals surface area contributed by atoms with Crippen LogP contribution in [0.4, 0.5) is 0 Å². The van der Waals surface area contributed by atoms with Gasteiger partial charge in [0, 0.05) is 5.57 Å². The lowest BCUT2D eigenvalue weighted by molar-refractivity contribution is -0.136. The van der Waals surface area contributed by atoms with Crippen LogP contribution in [0.15, 0.2) is 12.2 Å². The van der Waals surface area contributed by atoms with Crippen molar-refractivity contribution in [3.05, 3.63) is 12.2 Å². The van der Waals surface area contributed by atoms with Crippen LogP contribution >= 0.6 is 0 Å². The molecule has 1 atom stereocenters. The van der Waals surface area contributed by atoms with E-state index in [1.165, 1.54) is 7.11 Å². The Morgan fingerprint density at radius 3 is 2.39 bits per heavy atom. The third-order valence-corrected chi connectivity index (χ3v) is 3.13. The van der Waals surface area contributed by atoms with Crippen molar-refractivity contribution in [1.29, 1.82) is 0 Å². The van der Waals surface area contributed by atoms with Crippen molar-refractivity contribution >= 4 is 5.97 Å². The minimum atomic E-state index is -0.301. The molecule has 0 saturated carbocycles. The van der Waals surface area contributed by atoms with Gasteiger partial charge in [0.25, 0.3) is 0 Å². The van der Waals surface area contributed by atoms with Gasteiger partial charge in [-0.15, -0.1) is 0 Å². The molecule has 3 heteroatoms. The Kier molecular flexibility index (Phi) is 10.8. The maximum Gasteiger partial charge on any atom is 0.333 e. The molecule has 0 aromatic rings. The summed E-state index contributed by atoms with van der Waals surface area (Å²) >= 11 is 0. The highest BCUT2D eigenvalue weighted by Gasteiger charge is 2.06. The molecule has 0 aliphatic carbocycles. The molecule has 0 rings (SSSR count). The molecule has 0 spiro atoms. The SMILES string of the molecule is C=C(CCCCCCC(O)CCCC)C(=O)OC. The molecule has 0 amide bonds. The first-order valence-corrected chi connectivity index (χ1v) is 7.06. The van der Waals surface area contributed by atoms with Crippen LogP contribution in [0.2, 0.25) is 0 Å². The van der Waals surface area contributed by atoms with E-state index in [0.29, 0.717) is 12.0 Å². The van der Waals surface area contributed by atoms with Gasteiger partial charge in [-0.05, 0) is 25.7 Å². The van der Waals surface area contributed by atoms with Crippen LogP contribution in [0, 0.1) is 0 Å². The number of methoxy groups -OCH3 is 1. The average molecular weight is 256 g/mol. The van der Waals surface area contributed by atoms with Crippen LogP contribution < -0.4 is 0 Å². The van der Waals surface area contributed by atoms with Gasteiger partial charge in [-0.1, -0.05) is 45.6 Å². The van der Waals surface area contributed by atoms with E-state index in [9.17, 15) is 9.90 Å². The molecule has 3 nitrogen and oxygen atoms in total. The Morgan fingerprint density at radius 1 is 1.17 bits per heavy atom. The molecule has 1 unspecified atom stereocenters. The zero-order valence-electron chi connectivity index (χ0n) is 11.9. The maximum absolute atomic E-state index is 11.1. The number of esters is 1. The van der Waals surface area contributed by atoms with Crippen LogP contribution in [-0.4, -0.2) is 24.3 Å². The van der Waals surface area contributed by atoms with Crippen molar-refractivity contribution in [1.82, 2.24) is 0 Å². The molecule has 0 fully saturated rings. The van der Waals surface area contributed by atoms with Crippen LogP contribution in [0.25, 0.3) is 0 Å². The Labute approximate surface area is 111 Å². The van der Waals surface area contributed by atoms with Gasteiger partial charge in [-0.25, -0.2) is 4.79 Å². The highest BCUT2D eigenvalue weighted by Crippen LogP contribution is 2.13. The van der Waals surface area contributed by atoms with E-state index in [2.05, 4.69) is 18.2 Å². The largest absolute Gasteiger partial charge is 0.466 e. The van der Waals surface area contributed by atoms with Gasteiger partial charge in [0.1, 0.15) is 0 Å². The molecule has 0 bridgehead atoms. The topological polar surface area (TPSA) is 46.5 Å². The third kappa shape index (κ3) is 9.23. The molecule has 1 N–H and O–H groups in total. The lowest BCUT2D eigenvalue weighted by Crippen LogP contribution is -2.05. The monoisotopic (exact) mass is 256 g/mol. The first kappa shape index (κ1) is 17.2. The van der Waals surface area contributed by atoms with Crippen LogP contribution in [-0.2, 0) is 9.53 Å². The number of rotatable bonds is 11. The van der Waals surface area contributed by atoms with E-state index in [0.717, 1.165) is 51.4 Å². The summed E-state index contributed by atoms with van der Waals surface area (Å²) in [4.78, 5) is 11.1. The van der Waals surface area contributed by atoms with Crippen molar-refractivity contribution in [2.45, 2.75) is 70.8 Å². The summed E-state index contributed by atoms with van der Waals surface area (Å²) in [7, 11) is 1.38. The van der Waals surface area contributed by atoms with E-state index in [-0.39, 0.29) is 12.1 Å². The van der Waals surface area contributed by atoms with Crippen molar-refractivity contribution in [3.63, 3.8) is 0 Å². The molecule has 0 aliphatic rings. The Hall–Kier alpha value is -0.830. The van der Waals surface area contributed by atoms with Crippen LogP contribution in [0.1, 0.15) is 64.7 Å². The summed E-state index contributed by atoms with van der Waals surface area (Å²) in [6.45, 7) is 5.83. The second-order valence-electron chi connectivity index (χ2n) is 4.84. The highest BCUT2D eigenvalue weighted by molar-refractivity contribution is 5.87. The summed E-state index contributed by atoms with van der Waals surface area (Å²) in [5.74, 6) is -0.301. The Bertz CT molecular complexity index is 236. The zero-order valence-corrected chi connectivity index (χ0v) is 11.9. The molecular weight excluding hydrogens is 228 g/mol. The van der Waals surface area contributed by atoms with Crippen LogP contribution in [0.5, 0.6) is 0 Å². The standard InChI is InChI=1S/C15H28O3/c1-4-5-11-14(16)12-9-7-6-8-10-13(2)15(17)18-3/h14,16H,2,4-12H2,1,3H3. The fourth-order valence-corrected chi connectivity index (χ4v) is 1.90. The summed E-state index contributed by atoms with van der Waals surface area (Å²) in [5.41, 5.74) is 0.556. The third-order valence-electron chi connectivity index (χ3n) is 3.13. The lowest BCUT2D eigenvalue weighted by Gasteiger charge is -2.09. The number of carbonyl (C=O) groups is 1. The Balaban J connectivity index is 3.35. The van der Waals surface area contributed by atoms with E-state index in [1.807, 2.05) is 0 Å². The molecule has 0 aromatic heterocycles. The van der Waals surface area contributed by atoms with E-state index >= 15 is 0 Å². The van der Waals surface area contributed by atoms with Crippen molar-refractivity contribution < 1.29 is 14.6 Å². The van der Waals surface area contributed by atoms with Gasteiger partial charge in [-0.3, -0.25) is 0 Å². The second-order valence-corrected chi connectivity index (χ2v) is 4.84. The lowest BCUT2D eigenvalue weighted by atomic mass is 10.0. The molecular formula is C15H28O3. The number of unbranched alkanes of at least 4 members (excludes halogenated alkanes) is 4. The number of ether oxygens (including phenoxy) is 1. The average Bonchev–Trinajstić information content (AvgIpc) is 2.38. The van der Waals surface area contributed by atoms with Gasteiger partial charge in [0.15, 0.2) is 0 Å². The summed E-state index contributed by atoms with van der Waals surface area (Å²) < 4.78 is 4.59. The minimum absolute atomic E-state index is 0.130. The van der Waals surface area contributed by atoms with Gasteiger partial charge in [0.05, 0.1) is 13.2 Å². The van der Waals surface area contributed by atoms with Gasteiger partial charge in [-0.2, -0.15) is 0 Å². The normalized spacial score (nSPS) is 12.2. The molecule has 18 heavy (non-hydrogen) atoms. The molecule has 0 radical (unpaired) electrons. The minimum Gasteiger partial charge on any atom is -0.466 e.